The van der Waals surface area contributed by atoms with Crippen molar-refractivity contribution in [2.75, 3.05) is 21.4 Å². The molecule has 2 aromatic rings. The van der Waals surface area contributed by atoms with Gasteiger partial charge in [0, 0.05) is 10.9 Å². The standard InChI is InChI=1S/C17H17BrN2O6S2/c1-2-26-15-8-7-12(20-17(21)9-10-27(20,22)23)11-16(15)28(24,25)19-14-6-4-3-5-13(14)18/h3-8,11,19H,2,9-10H2,1H3. The SMILES string of the molecule is CCOc1ccc(N2C(=O)CCS2(=O)=O)cc1S(=O)(=O)Nc1ccccc1Br. The summed E-state index contributed by atoms with van der Waals surface area (Å²) >= 11 is 3.27. The molecule has 8 nitrogen and oxygen atoms in total. The van der Waals surface area contributed by atoms with E-state index in [2.05, 4.69) is 20.7 Å². The van der Waals surface area contributed by atoms with Gasteiger partial charge in [-0.05, 0) is 53.2 Å². The predicted molar refractivity (Wildman–Crippen MR) is 108 cm³/mol. The van der Waals surface area contributed by atoms with E-state index in [1.165, 1.54) is 12.1 Å². The fourth-order valence-corrected chi connectivity index (χ4v) is 5.93. The van der Waals surface area contributed by atoms with Gasteiger partial charge in [0.05, 0.1) is 23.7 Å². The Morgan fingerprint density at radius 2 is 1.93 bits per heavy atom. The fraction of sp³-hybridized carbons (Fsp3) is 0.235. The highest BCUT2D eigenvalue weighted by atomic mass is 79.9. The lowest BCUT2D eigenvalue weighted by molar-refractivity contribution is -0.116. The first-order valence-electron chi connectivity index (χ1n) is 8.26. The Morgan fingerprint density at radius 3 is 2.54 bits per heavy atom. The van der Waals surface area contributed by atoms with E-state index >= 15 is 0 Å². The maximum atomic E-state index is 13.0. The van der Waals surface area contributed by atoms with Gasteiger partial charge in [0.25, 0.3) is 10.0 Å². The number of anilines is 2. The largest absolute Gasteiger partial charge is 0.492 e. The van der Waals surface area contributed by atoms with E-state index in [1.807, 2.05) is 0 Å². The normalized spacial score (nSPS) is 16.2. The summed E-state index contributed by atoms with van der Waals surface area (Å²) in [5.41, 5.74) is 0.263. The van der Waals surface area contributed by atoms with Crippen molar-refractivity contribution in [3.05, 3.63) is 46.9 Å². The quantitative estimate of drug-likeness (QED) is 0.669. The van der Waals surface area contributed by atoms with Gasteiger partial charge < -0.3 is 4.74 Å². The second-order valence-electron chi connectivity index (χ2n) is 5.87. The van der Waals surface area contributed by atoms with Crippen LogP contribution in [0.2, 0.25) is 0 Å². The van der Waals surface area contributed by atoms with Crippen LogP contribution in [0.5, 0.6) is 5.75 Å². The molecule has 2 aromatic carbocycles. The van der Waals surface area contributed by atoms with Crippen LogP contribution in [0.1, 0.15) is 13.3 Å². The van der Waals surface area contributed by atoms with Gasteiger partial charge in [-0.1, -0.05) is 12.1 Å². The zero-order valence-electron chi connectivity index (χ0n) is 14.8. The molecule has 1 aliphatic heterocycles. The smallest absolute Gasteiger partial charge is 0.265 e. The summed E-state index contributed by atoms with van der Waals surface area (Å²) in [6, 6.07) is 10.5. The van der Waals surface area contributed by atoms with E-state index in [0.717, 1.165) is 6.07 Å². The van der Waals surface area contributed by atoms with Crippen LogP contribution >= 0.6 is 15.9 Å². The Balaban J connectivity index is 2.10. The molecular weight excluding hydrogens is 472 g/mol. The summed E-state index contributed by atoms with van der Waals surface area (Å²) in [7, 11) is -7.96. The molecule has 0 unspecified atom stereocenters. The topological polar surface area (TPSA) is 110 Å². The van der Waals surface area contributed by atoms with E-state index < -0.39 is 26.0 Å². The number of para-hydroxylation sites is 1. The third-order valence-electron chi connectivity index (χ3n) is 3.95. The van der Waals surface area contributed by atoms with Crippen molar-refractivity contribution in [1.82, 2.24) is 0 Å². The molecule has 11 heteroatoms. The number of carbonyl (C=O) groups is 1. The van der Waals surface area contributed by atoms with Crippen LogP contribution in [0.25, 0.3) is 0 Å². The lowest BCUT2D eigenvalue weighted by Gasteiger charge is -2.18. The number of hydrogen-bond donors (Lipinski definition) is 1. The first-order chi connectivity index (χ1) is 13.2. The van der Waals surface area contributed by atoms with E-state index in [-0.39, 0.29) is 35.1 Å². The Hall–Kier alpha value is -2.11. The van der Waals surface area contributed by atoms with E-state index in [9.17, 15) is 21.6 Å². The minimum Gasteiger partial charge on any atom is -0.492 e. The predicted octanol–water partition coefficient (Wildman–Crippen LogP) is 2.72. The van der Waals surface area contributed by atoms with Gasteiger partial charge in [-0.3, -0.25) is 9.52 Å². The molecule has 1 saturated heterocycles. The Kier molecular flexibility index (Phi) is 5.69. The molecule has 1 N–H and O–H groups in total. The van der Waals surface area contributed by atoms with Gasteiger partial charge in [0.1, 0.15) is 10.6 Å². The number of nitrogens with zero attached hydrogens (tertiary/aromatic N) is 1. The first-order valence-corrected chi connectivity index (χ1v) is 12.1. The summed E-state index contributed by atoms with van der Waals surface area (Å²) in [5.74, 6) is -0.864. The number of hydrogen-bond acceptors (Lipinski definition) is 6. The van der Waals surface area contributed by atoms with Crippen molar-refractivity contribution in [2.45, 2.75) is 18.2 Å². The van der Waals surface area contributed by atoms with Crippen molar-refractivity contribution in [2.24, 2.45) is 0 Å². The maximum absolute atomic E-state index is 13.0. The van der Waals surface area contributed by atoms with E-state index in [1.54, 1.807) is 31.2 Å². The number of carbonyl (C=O) groups excluding carboxylic acids is 1. The molecule has 3 rings (SSSR count). The Bertz CT molecular complexity index is 1130. The molecule has 0 aliphatic carbocycles. The molecule has 150 valence electrons. The molecular formula is C17H17BrN2O6S2. The lowest BCUT2D eigenvalue weighted by atomic mass is 10.3. The second-order valence-corrected chi connectivity index (χ2v) is 10.3. The van der Waals surface area contributed by atoms with Gasteiger partial charge in [0.15, 0.2) is 0 Å². The highest BCUT2D eigenvalue weighted by molar-refractivity contribution is 9.10. The monoisotopic (exact) mass is 488 g/mol. The highest BCUT2D eigenvalue weighted by Crippen LogP contribution is 2.34. The summed E-state index contributed by atoms with van der Waals surface area (Å²) in [6.45, 7) is 1.90. The number of rotatable bonds is 6. The van der Waals surface area contributed by atoms with Crippen molar-refractivity contribution in [3.8, 4) is 5.75 Å². The van der Waals surface area contributed by atoms with Crippen LogP contribution in [0.15, 0.2) is 51.8 Å². The van der Waals surface area contributed by atoms with Crippen LogP contribution in [0.3, 0.4) is 0 Å². The maximum Gasteiger partial charge on any atom is 0.265 e. The molecule has 1 amide bonds. The summed E-state index contributed by atoms with van der Waals surface area (Å²) in [6.07, 6.45) is -0.146. The number of amides is 1. The van der Waals surface area contributed by atoms with E-state index in [4.69, 9.17) is 4.74 Å². The van der Waals surface area contributed by atoms with Crippen LogP contribution in [-0.4, -0.2) is 35.1 Å². The van der Waals surface area contributed by atoms with Crippen LogP contribution in [-0.2, 0) is 24.8 Å². The average Bonchev–Trinajstić information content (AvgIpc) is 2.90. The molecule has 1 heterocycles. The molecule has 0 aromatic heterocycles. The minimum absolute atomic E-state index is 0.0431. The summed E-state index contributed by atoms with van der Waals surface area (Å²) in [5, 5.41) is 0. The molecule has 0 radical (unpaired) electrons. The lowest BCUT2D eigenvalue weighted by Crippen LogP contribution is -2.29. The number of halogens is 1. The van der Waals surface area contributed by atoms with E-state index in [0.29, 0.717) is 14.5 Å². The third-order valence-corrected chi connectivity index (χ3v) is 7.72. The molecule has 1 fully saturated rings. The third kappa shape index (κ3) is 4.01. The first kappa shape index (κ1) is 20.6. The van der Waals surface area contributed by atoms with Gasteiger partial charge in [-0.2, -0.15) is 0 Å². The molecule has 0 saturated carbocycles. The molecule has 0 atom stereocenters. The van der Waals surface area contributed by atoms with Crippen LogP contribution in [0.4, 0.5) is 11.4 Å². The molecule has 28 heavy (non-hydrogen) atoms. The van der Waals surface area contributed by atoms with Crippen molar-refractivity contribution in [3.63, 3.8) is 0 Å². The average molecular weight is 489 g/mol. The second kappa shape index (κ2) is 7.72. The van der Waals surface area contributed by atoms with Gasteiger partial charge in [-0.25, -0.2) is 21.1 Å². The van der Waals surface area contributed by atoms with Crippen LogP contribution in [0, 0.1) is 0 Å². The number of sulfonamides is 2. The van der Waals surface area contributed by atoms with Gasteiger partial charge >= 0.3 is 0 Å². The number of benzene rings is 2. The minimum atomic E-state index is -4.13. The number of ether oxygens (including phenoxy) is 1. The van der Waals surface area contributed by atoms with Crippen molar-refractivity contribution < 1.29 is 26.4 Å². The number of nitrogens with one attached hydrogen (secondary N) is 1. The summed E-state index contributed by atoms with van der Waals surface area (Å²) < 4.78 is 59.4. The summed E-state index contributed by atoms with van der Waals surface area (Å²) in [4.78, 5) is 11.8. The van der Waals surface area contributed by atoms with Gasteiger partial charge in [-0.15, -0.1) is 0 Å². The Labute approximate surface area is 171 Å². The molecule has 0 spiro atoms. The van der Waals surface area contributed by atoms with Gasteiger partial charge in [0.2, 0.25) is 15.9 Å². The Morgan fingerprint density at radius 1 is 1.21 bits per heavy atom. The van der Waals surface area contributed by atoms with Crippen molar-refractivity contribution in [1.29, 1.82) is 0 Å². The molecule has 1 aliphatic rings. The highest BCUT2D eigenvalue weighted by Gasteiger charge is 2.37. The molecule has 0 bridgehead atoms. The van der Waals surface area contributed by atoms with Crippen molar-refractivity contribution >= 4 is 53.3 Å². The fourth-order valence-electron chi connectivity index (χ4n) is 2.72. The zero-order valence-corrected chi connectivity index (χ0v) is 18.0. The zero-order chi connectivity index (χ0) is 20.5. The van der Waals surface area contributed by atoms with Crippen LogP contribution < -0.4 is 13.8 Å².